The van der Waals surface area contributed by atoms with Gasteiger partial charge in [-0.3, -0.25) is 9.36 Å². The molecule has 0 atom stereocenters. The molecule has 3 aromatic carbocycles. The molecule has 0 bridgehead atoms. The van der Waals surface area contributed by atoms with Gasteiger partial charge in [-0.05, 0) is 74.5 Å². The summed E-state index contributed by atoms with van der Waals surface area (Å²) in [4.78, 5) is 12.6. The van der Waals surface area contributed by atoms with Crippen LogP contribution in [-0.4, -0.2) is 39.6 Å². The van der Waals surface area contributed by atoms with Crippen molar-refractivity contribution in [2.75, 3.05) is 24.3 Å². The van der Waals surface area contributed by atoms with Gasteiger partial charge in [-0.25, -0.2) is 0 Å². The number of ether oxygens (including phenoxy) is 2. The summed E-state index contributed by atoms with van der Waals surface area (Å²) >= 11 is 7.53. The third-order valence-corrected chi connectivity index (χ3v) is 6.07. The number of carbonyl (C=O) groups excluding carboxylic acids is 1. The normalized spacial score (nSPS) is 10.7. The van der Waals surface area contributed by atoms with Crippen molar-refractivity contribution in [1.82, 2.24) is 14.8 Å². The van der Waals surface area contributed by atoms with E-state index in [0.29, 0.717) is 34.9 Å². The fourth-order valence-electron chi connectivity index (χ4n) is 3.40. The minimum Gasteiger partial charge on any atom is -0.494 e. The Morgan fingerprint density at radius 2 is 1.60 bits per heavy atom. The number of halogens is 1. The summed E-state index contributed by atoms with van der Waals surface area (Å²) in [5.74, 6) is 2.18. The van der Waals surface area contributed by atoms with Crippen LogP contribution in [0.4, 0.5) is 5.69 Å². The summed E-state index contributed by atoms with van der Waals surface area (Å²) in [7, 11) is 0. The SMILES string of the molecule is CCOc1ccc(NC(=O)CSc2nnc(-c3cccc(Cl)c3)n2-c2ccc(OCC)cc2)cc1. The van der Waals surface area contributed by atoms with Crippen LogP contribution in [0.15, 0.2) is 78.0 Å². The number of rotatable bonds is 10. The molecule has 0 fully saturated rings. The number of aromatic nitrogens is 3. The molecule has 1 amide bonds. The molecule has 1 N–H and O–H groups in total. The van der Waals surface area contributed by atoms with Gasteiger partial charge in [0.05, 0.1) is 19.0 Å². The van der Waals surface area contributed by atoms with E-state index >= 15 is 0 Å². The molecule has 0 aliphatic rings. The predicted octanol–water partition coefficient (Wildman–Crippen LogP) is 6.12. The number of anilines is 1. The summed E-state index contributed by atoms with van der Waals surface area (Å²) in [6.07, 6.45) is 0. The minimum absolute atomic E-state index is 0.148. The first kappa shape index (κ1) is 24.6. The van der Waals surface area contributed by atoms with Crippen molar-refractivity contribution in [2.24, 2.45) is 0 Å². The Bertz CT molecular complexity index is 1280. The van der Waals surface area contributed by atoms with Gasteiger partial charge < -0.3 is 14.8 Å². The van der Waals surface area contributed by atoms with E-state index in [-0.39, 0.29) is 11.7 Å². The van der Waals surface area contributed by atoms with E-state index in [1.165, 1.54) is 11.8 Å². The third kappa shape index (κ3) is 6.35. The average molecular weight is 509 g/mol. The minimum atomic E-state index is -0.148. The average Bonchev–Trinajstić information content (AvgIpc) is 3.29. The maximum atomic E-state index is 12.6. The van der Waals surface area contributed by atoms with Gasteiger partial charge in [-0.1, -0.05) is 35.5 Å². The van der Waals surface area contributed by atoms with E-state index in [1.807, 2.05) is 91.2 Å². The number of thioether (sulfide) groups is 1. The Kier molecular flexibility index (Phi) is 8.28. The zero-order valence-electron chi connectivity index (χ0n) is 19.4. The van der Waals surface area contributed by atoms with Gasteiger partial charge in [-0.2, -0.15) is 0 Å². The van der Waals surface area contributed by atoms with E-state index in [2.05, 4.69) is 15.5 Å². The second-order valence-electron chi connectivity index (χ2n) is 7.37. The van der Waals surface area contributed by atoms with Crippen LogP contribution in [0.25, 0.3) is 17.1 Å². The Labute approximate surface area is 213 Å². The summed E-state index contributed by atoms with van der Waals surface area (Å²) in [6, 6.07) is 22.4. The summed E-state index contributed by atoms with van der Waals surface area (Å²) in [5.41, 5.74) is 2.37. The van der Waals surface area contributed by atoms with Crippen molar-refractivity contribution < 1.29 is 14.3 Å². The lowest BCUT2D eigenvalue weighted by molar-refractivity contribution is -0.113. The first-order chi connectivity index (χ1) is 17.1. The molecule has 0 radical (unpaired) electrons. The molecular weight excluding hydrogens is 484 g/mol. The first-order valence-electron chi connectivity index (χ1n) is 11.2. The quantitative estimate of drug-likeness (QED) is 0.260. The van der Waals surface area contributed by atoms with E-state index in [0.717, 1.165) is 22.7 Å². The molecule has 0 saturated heterocycles. The number of hydrogen-bond donors (Lipinski definition) is 1. The molecule has 1 heterocycles. The maximum Gasteiger partial charge on any atom is 0.234 e. The standard InChI is InChI=1S/C26H25ClN4O3S/c1-3-33-22-12-8-20(9-13-22)28-24(32)17-35-26-30-29-25(18-6-5-7-19(27)16-18)31(26)21-10-14-23(15-11-21)34-4-2/h5-16H,3-4,17H2,1-2H3,(H,28,32). The molecule has 35 heavy (non-hydrogen) atoms. The van der Waals surface area contributed by atoms with Crippen LogP contribution in [0, 0.1) is 0 Å². The Morgan fingerprint density at radius 1 is 0.943 bits per heavy atom. The van der Waals surface area contributed by atoms with Gasteiger partial charge in [0.2, 0.25) is 5.91 Å². The van der Waals surface area contributed by atoms with Crippen molar-refractivity contribution in [3.05, 3.63) is 77.8 Å². The van der Waals surface area contributed by atoms with Crippen LogP contribution in [0.5, 0.6) is 11.5 Å². The fourth-order valence-corrected chi connectivity index (χ4v) is 4.34. The lowest BCUT2D eigenvalue weighted by Gasteiger charge is -2.12. The van der Waals surface area contributed by atoms with E-state index in [4.69, 9.17) is 21.1 Å². The van der Waals surface area contributed by atoms with Crippen LogP contribution in [0.2, 0.25) is 5.02 Å². The van der Waals surface area contributed by atoms with Gasteiger partial charge in [0, 0.05) is 22.0 Å². The van der Waals surface area contributed by atoms with Gasteiger partial charge in [0.15, 0.2) is 11.0 Å². The van der Waals surface area contributed by atoms with Crippen molar-refractivity contribution >= 4 is 35.0 Å². The van der Waals surface area contributed by atoms with Crippen molar-refractivity contribution in [3.8, 4) is 28.6 Å². The Morgan fingerprint density at radius 3 is 2.23 bits per heavy atom. The van der Waals surface area contributed by atoms with Crippen LogP contribution < -0.4 is 14.8 Å². The van der Waals surface area contributed by atoms with Crippen LogP contribution in [0.3, 0.4) is 0 Å². The highest BCUT2D eigenvalue weighted by Crippen LogP contribution is 2.30. The highest BCUT2D eigenvalue weighted by molar-refractivity contribution is 7.99. The monoisotopic (exact) mass is 508 g/mol. The second kappa shape index (κ2) is 11.8. The van der Waals surface area contributed by atoms with Crippen molar-refractivity contribution in [1.29, 1.82) is 0 Å². The number of nitrogens with one attached hydrogen (secondary N) is 1. The molecule has 4 aromatic rings. The van der Waals surface area contributed by atoms with Crippen molar-refractivity contribution in [3.63, 3.8) is 0 Å². The molecular formula is C26H25ClN4O3S. The van der Waals surface area contributed by atoms with Gasteiger partial charge in [0.1, 0.15) is 11.5 Å². The molecule has 180 valence electrons. The molecule has 0 saturated carbocycles. The van der Waals surface area contributed by atoms with E-state index in [1.54, 1.807) is 0 Å². The van der Waals surface area contributed by atoms with Crippen LogP contribution >= 0.6 is 23.4 Å². The second-order valence-corrected chi connectivity index (χ2v) is 8.75. The van der Waals surface area contributed by atoms with Gasteiger partial charge in [0.25, 0.3) is 0 Å². The molecule has 0 aliphatic carbocycles. The van der Waals surface area contributed by atoms with Crippen molar-refractivity contribution in [2.45, 2.75) is 19.0 Å². The molecule has 0 spiro atoms. The zero-order valence-corrected chi connectivity index (χ0v) is 21.0. The molecule has 7 nitrogen and oxygen atoms in total. The fraction of sp³-hybridized carbons (Fsp3) is 0.192. The zero-order chi connectivity index (χ0) is 24.6. The van der Waals surface area contributed by atoms with Gasteiger partial charge in [-0.15, -0.1) is 10.2 Å². The number of benzene rings is 3. The molecule has 4 rings (SSSR count). The van der Waals surface area contributed by atoms with Gasteiger partial charge >= 0.3 is 0 Å². The number of amides is 1. The Hall–Kier alpha value is -3.49. The summed E-state index contributed by atoms with van der Waals surface area (Å²) < 4.78 is 12.9. The lowest BCUT2D eigenvalue weighted by Crippen LogP contribution is -2.14. The first-order valence-corrected chi connectivity index (χ1v) is 12.5. The van der Waals surface area contributed by atoms with E-state index in [9.17, 15) is 4.79 Å². The smallest absolute Gasteiger partial charge is 0.234 e. The molecule has 1 aromatic heterocycles. The number of hydrogen-bond acceptors (Lipinski definition) is 6. The molecule has 0 unspecified atom stereocenters. The highest BCUT2D eigenvalue weighted by atomic mass is 35.5. The van der Waals surface area contributed by atoms with Crippen LogP contribution in [-0.2, 0) is 4.79 Å². The van der Waals surface area contributed by atoms with E-state index < -0.39 is 0 Å². The Balaban J connectivity index is 1.55. The summed E-state index contributed by atoms with van der Waals surface area (Å²) in [6.45, 7) is 5.05. The molecule has 0 aliphatic heterocycles. The highest BCUT2D eigenvalue weighted by Gasteiger charge is 2.18. The number of carbonyl (C=O) groups is 1. The largest absolute Gasteiger partial charge is 0.494 e. The number of nitrogens with zero attached hydrogens (tertiary/aromatic N) is 3. The topological polar surface area (TPSA) is 78.3 Å². The lowest BCUT2D eigenvalue weighted by atomic mass is 10.2. The third-order valence-electron chi connectivity index (χ3n) is 4.90. The molecule has 9 heteroatoms. The van der Waals surface area contributed by atoms with Crippen LogP contribution in [0.1, 0.15) is 13.8 Å². The summed E-state index contributed by atoms with van der Waals surface area (Å²) in [5, 5.41) is 12.9. The predicted molar refractivity (Wildman–Crippen MR) is 140 cm³/mol. The maximum absolute atomic E-state index is 12.6.